The van der Waals surface area contributed by atoms with Gasteiger partial charge in [-0.3, -0.25) is 9.59 Å². The van der Waals surface area contributed by atoms with Crippen LogP contribution in [-0.2, 0) is 9.59 Å². The maximum Gasteiger partial charge on any atom is 0.228 e. The van der Waals surface area contributed by atoms with E-state index in [1.54, 1.807) is 18.8 Å². The minimum absolute atomic E-state index is 0.0287. The molecule has 1 saturated carbocycles. The molecule has 0 spiro atoms. The summed E-state index contributed by atoms with van der Waals surface area (Å²) in [5, 5.41) is 5.88. The predicted molar refractivity (Wildman–Crippen MR) is 87.9 cm³/mol. The van der Waals surface area contributed by atoms with Crippen LogP contribution in [0.2, 0.25) is 0 Å². The van der Waals surface area contributed by atoms with Crippen molar-refractivity contribution in [3.8, 4) is 0 Å². The molecule has 1 fully saturated rings. The minimum atomic E-state index is -0.0907. The van der Waals surface area contributed by atoms with Gasteiger partial charge in [0.05, 0.1) is 11.8 Å². The molecule has 3 unspecified atom stereocenters. The first-order chi connectivity index (χ1) is 10.7. The van der Waals surface area contributed by atoms with Gasteiger partial charge in [-0.1, -0.05) is 31.0 Å². The number of nitrogens with one attached hydrogen (secondary N) is 2. The van der Waals surface area contributed by atoms with Crippen LogP contribution in [0.3, 0.4) is 0 Å². The van der Waals surface area contributed by atoms with Gasteiger partial charge in [0.15, 0.2) is 0 Å². The average Bonchev–Trinajstić information content (AvgIpc) is 2.99. The van der Waals surface area contributed by atoms with Gasteiger partial charge < -0.3 is 10.6 Å². The van der Waals surface area contributed by atoms with E-state index in [2.05, 4.69) is 16.7 Å². The molecule has 1 aliphatic carbocycles. The molecule has 0 bridgehead atoms. The molecule has 2 aliphatic rings. The zero-order valence-corrected chi connectivity index (χ0v) is 13.6. The highest BCUT2D eigenvalue weighted by Gasteiger charge is 2.35. The maximum atomic E-state index is 12.7. The number of carbonyl (C=O) groups is 2. The van der Waals surface area contributed by atoms with E-state index in [-0.39, 0.29) is 29.7 Å². The summed E-state index contributed by atoms with van der Waals surface area (Å²) < 4.78 is 0. The van der Waals surface area contributed by atoms with Crippen molar-refractivity contribution in [2.75, 3.05) is 12.8 Å². The number of hydrogen-bond acceptors (Lipinski definition) is 3. The Kier molecular flexibility index (Phi) is 4.71. The predicted octanol–water partition coefficient (Wildman–Crippen LogP) is 2.30. The molecular weight excluding hydrogens is 296 g/mol. The van der Waals surface area contributed by atoms with E-state index < -0.39 is 0 Å². The summed E-state index contributed by atoms with van der Waals surface area (Å²) in [6.07, 6.45) is 3.90. The molecule has 118 valence electrons. The largest absolute Gasteiger partial charge is 0.359 e. The van der Waals surface area contributed by atoms with Crippen LogP contribution in [0.5, 0.6) is 0 Å². The van der Waals surface area contributed by atoms with Gasteiger partial charge in [-0.25, -0.2) is 0 Å². The van der Waals surface area contributed by atoms with E-state index in [0.29, 0.717) is 0 Å². The van der Waals surface area contributed by atoms with Crippen molar-refractivity contribution < 1.29 is 9.59 Å². The lowest BCUT2D eigenvalue weighted by Crippen LogP contribution is -2.49. The van der Waals surface area contributed by atoms with Gasteiger partial charge in [-0.15, -0.1) is 11.8 Å². The summed E-state index contributed by atoms with van der Waals surface area (Å²) in [6.45, 7) is 0. The number of hydrogen-bond donors (Lipinski definition) is 2. The van der Waals surface area contributed by atoms with Gasteiger partial charge in [-0.05, 0) is 24.5 Å². The Balaban J connectivity index is 1.70. The first kappa shape index (κ1) is 15.4. The topological polar surface area (TPSA) is 58.2 Å². The van der Waals surface area contributed by atoms with Gasteiger partial charge in [0, 0.05) is 23.7 Å². The van der Waals surface area contributed by atoms with Crippen LogP contribution < -0.4 is 10.6 Å². The lowest BCUT2D eigenvalue weighted by Gasteiger charge is -2.31. The fourth-order valence-corrected chi connectivity index (χ4v) is 4.69. The summed E-state index contributed by atoms with van der Waals surface area (Å²) in [5.41, 5.74) is 1.12. The molecule has 1 aromatic rings. The van der Waals surface area contributed by atoms with Gasteiger partial charge in [0.25, 0.3) is 0 Å². The second-order valence-corrected chi connectivity index (χ2v) is 7.08. The fraction of sp³-hybridized carbons (Fsp3) is 0.529. The molecule has 3 atom stereocenters. The third kappa shape index (κ3) is 3.00. The Morgan fingerprint density at radius 2 is 1.91 bits per heavy atom. The first-order valence-corrected chi connectivity index (χ1v) is 8.93. The summed E-state index contributed by atoms with van der Waals surface area (Å²) >= 11 is 1.74. The molecule has 1 aliphatic heterocycles. The second-order valence-electron chi connectivity index (χ2n) is 6.02. The van der Waals surface area contributed by atoms with Gasteiger partial charge in [-0.2, -0.15) is 0 Å². The molecule has 22 heavy (non-hydrogen) atoms. The smallest absolute Gasteiger partial charge is 0.228 e. The monoisotopic (exact) mass is 318 g/mol. The van der Waals surface area contributed by atoms with Crippen molar-refractivity contribution in [2.24, 2.45) is 5.92 Å². The Labute approximate surface area is 135 Å². The Morgan fingerprint density at radius 1 is 1.14 bits per heavy atom. The van der Waals surface area contributed by atoms with E-state index in [0.717, 1.165) is 37.0 Å². The van der Waals surface area contributed by atoms with Crippen LogP contribution in [-0.4, -0.2) is 30.7 Å². The third-order valence-electron chi connectivity index (χ3n) is 4.69. The molecular formula is C17H22N2O2S. The highest BCUT2D eigenvalue weighted by molar-refractivity contribution is 7.99. The van der Waals surface area contributed by atoms with Crippen molar-refractivity contribution in [1.82, 2.24) is 10.6 Å². The van der Waals surface area contributed by atoms with Gasteiger partial charge >= 0.3 is 0 Å². The fourth-order valence-electron chi connectivity index (χ4n) is 3.47. The van der Waals surface area contributed by atoms with E-state index in [1.807, 2.05) is 18.2 Å². The van der Waals surface area contributed by atoms with Crippen LogP contribution >= 0.6 is 11.8 Å². The van der Waals surface area contributed by atoms with E-state index in [1.165, 1.54) is 4.90 Å². The second kappa shape index (κ2) is 6.73. The van der Waals surface area contributed by atoms with Crippen molar-refractivity contribution in [3.05, 3.63) is 29.8 Å². The molecule has 0 saturated heterocycles. The number of thioether (sulfide) groups is 1. The average molecular weight is 318 g/mol. The Hall–Kier alpha value is -1.49. The van der Waals surface area contributed by atoms with Crippen molar-refractivity contribution in [1.29, 1.82) is 0 Å². The standard InChI is InChI=1S/C17H22N2O2S/c1-18-16(20)12-7-2-4-8-14(12)19-17(21)13-10-22-15-9-5-3-6-11(13)15/h3,5-6,9,12-14H,2,4,7-8,10H2,1H3,(H,18,20)(H,19,21). The minimum Gasteiger partial charge on any atom is -0.359 e. The van der Waals surface area contributed by atoms with Crippen molar-refractivity contribution >= 4 is 23.6 Å². The summed E-state index contributed by atoms with van der Waals surface area (Å²) in [7, 11) is 1.67. The highest BCUT2D eigenvalue weighted by atomic mass is 32.2. The lowest BCUT2D eigenvalue weighted by molar-refractivity contribution is -0.128. The Bertz CT molecular complexity index is 576. The normalized spacial score (nSPS) is 27.0. The number of rotatable bonds is 3. The number of fused-ring (bicyclic) bond motifs is 1. The molecule has 2 N–H and O–H groups in total. The van der Waals surface area contributed by atoms with Gasteiger partial charge in [0.1, 0.15) is 0 Å². The van der Waals surface area contributed by atoms with Crippen LogP contribution in [0, 0.1) is 5.92 Å². The zero-order chi connectivity index (χ0) is 15.5. The third-order valence-corrected chi connectivity index (χ3v) is 5.88. The molecule has 1 aromatic carbocycles. The number of carbonyl (C=O) groups excluding carboxylic acids is 2. The summed E-state index contributed by atoms with van der Waals surface area (Å²) in [6, 6.07) is 8.07. The highest BCUT2D eigenvalue weighted by Crippen LogP contribution is 2.39. The van der Waals surface area contributed by atoms with Crippen LogP contribution in [0.4, 0.5) is 0 Å². The maximum absolute atomic E-state index is 12.7. The van der Waals surface area contributed by atoms with E-state index in [9.17, 15) is 9.59 Å². The lowest BCUT2D eigenvalue weighted by atomic mass is 9.83. The molecule has 5 heteroatoms. The van der Waals surface area contributed by atoms with Crippen LogP contribution in [0.25, 0.3) is 0 Å². The number of amides is 2. The quantitative estimate of drug-likeness (QED) is 0.899. The Morgan fingerprint density at radius 3 is 2.73 bits per heavy atom. The van der Waals surface area contributed by atoms with Crippen LogP contribution in [0.1, 0.15) is 37.2 Å². The first-order valence-electron chi connectivity index (χ1n) is 7.94. The van der Waals surface area contributed by atoms with Crippen molar-refractivity contribution in [2.45, 2.75) is 42.5 Å². The van der Waals surface area contributed by atoms with Gasteiger partial charge in [0.2, 0.25) is 11.8 Å². The molecule has 0 aromatic heterocycles. The SMILES string of the molecule is CNC(=O)C1CCCCC1NC(=O)C1CSc2ccccc21. The van der Waals surface area contributed by atoms with Crippen LogP contribution in [0.15, 0.2) is 29.2 Å². The molecule has 1 heterocycles. The van der Waals surface area contributed by atoms with Crippen molar-refractivity contribution in [3.63, 3.8) is 0 Å². The molecule has 4 nitrogen and oxygen atoms in total. The summed E-state index contributed by atoms with van der Waals surface area (Å²) in [4.78, 5) is 25.9. The van der Waals surface area contributed by atoms with E-state index >= 15 is 0 Å². The zero-order valence-electron chi connectivity index (χ0n) is 12.8. The van der Waals surface area contributed by atoms with E-state index in [4.69, 9.17) is 0 Å². The molecule has 2 amide bonds. The molecule has 0 radical (unpaired) electrons. The number of benzene rings is 1. The summed E-state index contributed by atoms with van der Waals surface area (Å²) in [5.74, 6) is 0.729. The molecule has 3 rings (SSSR count).